The summed E-state index contributed by atoms with van der Waals surface area (Å²) in [4.78, 5) is 16.6. The molecule has 6 heteroatoms. The molecule has 124 valence electrons. The smallest absolute Gasteiger partial charge is 0.349 e. The minimum atomic E-state index is -0.531. The molecule has 4 aromatic rings. The van der Waals surface area contributed by atoms with E-state index in [0.29, 0.717) is 22.5 Å². The van der Waals surface area contributed by atoms with E-state index in [1.807, 2.05) is 31.2 Å². The molecule has 0 saturated carbocycles. The average molecular weight is 334 g/mol. The highest BCUT2D eigenvalue weighted by atomic mass is 16.5. The fraction of sp³-hybridized carbons (Fsp3) is 0.105. The Bertz CT molecular complexity index is 1110. The number of aromatic nitrogens is 2. The third-order valence-electron chi connectivity index (χ3n) is 3.91. The standard InChI is InChI=1S/C19H14N2O4/c1-11-3-5-12(6-4-11)17-20-18(25-21-17)15-10-13-9-14(23-2)7-8-16(13)24-19(15)22/h3-10H,1-2H3. The molecule has 0 aliphatic rings. The molecular weight excluding hydrogens is 320 g/mol. The van der Waals surface area contributed by atoms with Gasteiger partial charge < -0.3 is 13.7 Å². The second kappa shape index (κ2) is 5.90. The van der Waals surface area contributed by atoms with Crippen LogP contribution in [0.1, 0.15) is 5.56 Å². The van der Waals surface area contributed by atoms with E-state index >= 15 is 0 Å². The van der Waals surface area contributed by atoms with Gasteiger partial charge in [0.15, 0.2) is 0 Å². The van der Waals surface area contributed by atoms with Crippen LogP contribution >= 0.6 is 0 Å². The summed E-state index contributed by atoms with van der Waals surface area (Å²) in [5, 5.41) is 4.67. The van der Waals surface area contributed by atoms with Gasteiger partial charge in [-0.3, -0.25) is 0 Å². The maximum atomic E-state index is 12.3. The largest absolute Gasteiger partial charge is 0.497 e. The highest BCUT2D eigenvalue weighted by Gasteiger charge is 2.16. The summed E-state index contributed by atoms with van der Waals surface area (Å²) in [5.41, 5.74) is 2.10. The zero-order valence-electron chi connectivity index (χ0n) is 13.6. The van der Waals surface area contributed by atoms with E-state index < -0.39 is 5.63 Å². The van der Waals surface area contributed by atoms with Crippen molar-refractivity contribution in [3.63, 3.8) is 0 Å². The molecule has 0 N–H and O–H groups in total. The Morgan fingerprint density at radius 2 is 1.84 bits per heavy atom. The van der Waals surface area contributed by atoms with Crippen LogP contribution in [0.3, 0.4) is 0 Å². The van der Waals surface area contributed by atoms with Crippen LogP contribution in [0, 0.1) is 6.92 Å². The van der Waals surface area contributed by atoms with Crippen LogP contribution < -0.4 is 10.4 Å². The van der Waals surface area contributed by atoms with Gasteiger partial charge in [-0.15, -0.1) is 0 Å². The van der Waals surface area contributed by atoms with Crippen molar-refractivity contribution < 1.29 is 13.7 Å². The molecule has 0 atom stereocenters. The third kappa shape index (κ3) is 2.78. The summed E-state index contributed by atoms with van der Waals surface area (Å²) in [5.74, 6) is 1.20. The first-order chi connectivity index (χ1) is 12.1. The molecule has 25 heavy (non-hydrogen) atoms. The number of rotatable bonds is 3. The Morgan fingerprint density at radius 3 is 2.60 bits per heavy atom. The average Bonchev–Trinajstić information content (AvgIpc) is 3.11. The lowest BCUT2D eigenvalue weighted by molar-refractivity contribution is 0.415. The number of hydrogen-bond acceptors (Lipinski definition) is 6. The monoisotopic (exact) mass is 334 g/mol. The van der Waals surface area contributed by atoms with Gasteiger partial charge in [0.2, 0.25) is 5.82 Å². The van der Waals surface area contributed by atoms with Gasteiger partial charge in [0, 0.05) is 10.9 Å². The molecule has 2 aromatic heterocycles. The SMILES string of the molecule is COc1ccc2oc(=O)c(-c3nc(-c4ccc(C)cc4)no3)cc2c1. The molecule has 0 amide bonds. The molecular formula is C19H14N2O4. The van der Waals surface area contributed by atoms with Gasteiger partial charge in [0.1, 0.15) is 16.9 Å². The fourth-order valence-electron chi connectivity index (χ4n) is 2.53. The minimum absolute atomic E-state index is 0.119. The van der Waals surface area contributed by atoms with Crippen molar-refractivity contribution in [1.29, 1.82) is 0 Å². The number of nitrogens with zero attached hydrogens (tertiary/aromatic N) is 2. The molecule has 4 rings (SSSR count). The Kier molecular flexibility index (Phi) is 3.57. The minimum Gasteiger partial charge on any atom is -0.497 e. The Balaban J connectivity index is 1.80. The predicted octanol–water partition coefficient (Wildman–Crippen LogP) is 3.83. The highest BCUT2D eigenvalue weighted by molar-refractivity contribution is 5.81. The van der Waals surface area contributed by atoms with Crippen molar-refractivity contribution in [3.8, 4) is 28.6 Å². The number of ether oxygens (including phenoxy) is 1. The van der Waals surface area contributed by atoms with Crippen LogP contribution in [0.25, 0.3) is 33.8 Å². The van der Waals surface area contributed by atoms with E-state index in [1.165, 1.54) is 0 Å². The zero-order valence-corrected chi connectivity index (χ0v) is 13.6. The first-order valence-electron chi connectivity index (χ1n) is 7.67. The van der Waals surface area contributed by atoms with Crippen molar-refractivity contribution in [2.45, 2.75) is 6.92 Å². The second-order valence-electron chi connectivity index (χ2n) is 5.64. The Hall–Kier alpha value is -3.41. The number of fused-ring (bicyclic) bond motifs is 1. The van der Waals surface area contributed by atoms with E-state index in [4.69, 9.17) is 13.7 Å². The number of benzene rings is 2. The summed E-state index contributed by atoms with van der Waals surface area (Å²) >= 11 is 0. The first kappa shape index (κ1) is 15.1. The first-order valence-corrected chi connectivity index (χ1v) is 7.67. The Labute approximate surface area is 142 Å². The van der Waals surface area contributed by atoms with E-state index in [-0.39, 0.29) is 11.5 Å². The van der Waals surface area contributed by atoms with E-state index in [1.54, 1.807) is 31.4 Å². The maximum absolute atomic E-state index is 12.3. The van der Waals surface area contributed by atoms with Crippen LogP contribution in [0.15, 0.2) is 62.3 Å². The molecule has 2 heterocycles. The zero-order chi connectivity index (χ0) is 17.4. The number of methoxy groups -OCH3 is 1. The van der Waals surface area contributed by atoms with Crippen LogP contribution in [-0.4, -0.2) is 17.3 Å². The molecule has 0 unspecified atom stereocenters. The second-order valence-corrected chi connectivity index (χ2v) is 5.64. The van der Waals surface area contributed by atoms with Crippen LogP contribution in [0.2, 0.25) is 0 Å². The predicted molar refractivity (Wildman–Crippen MR) is 92.5 cm³/mol. The Morgan fingerprint density at radius 1 is 1.04 bits per heavy atom. The van der Waals surface area contributed by atoms with Crippen molar-refractivity contribution in [3.05, 3.63) is 64.5 Å². The third-order valence-corrected chi connectivity index (χ3v) is 3.91. The summed E-state index contributed by atoms with van der Waals surface area (Å²) in [7, 11) is 1.58. The van der Waals surface area contributed by atoms with Gasteiger partial charge in [-0.2, -0.15) is 4.98 Å². The topological polar surface area (TPSA) is 78.4 Å². The lowest BCUT2D eigenvalue weighted by atomic mass is 10.1. The lowest BCUT2D eigenvalue weighted by Gasteiger charge is -2.02. The van der Waals surface area contributed by atoms with Crippen LogP contribution in [0.4, 0.5) is 0 Å². The molecule has 0 radical (unpaired) electrons. The van der Waals surface area contributed by atoms with Gasteiger partial charge in [0.05, 0.1) is 7.11 Å². The summed E-state index contributed by atoms with van der Waals surface area (Å²) in [6.45, 7) is 2.00. The van der Waals surface area contributed by atoms with E-state index in [9.17, 15) is 4.79 Å². The van der Waals surface area contributed by atoms with Crippen molar-refractivity contribution in [1.82, 2.24) is 10.1 Å². The molecule has 0 saturated heterocycles. The maximum Gasteiger partial charge on any atom is 0.349 e. The summed E-state index contributed by atoms with van der Waals surface area (Å²) in [6, 6.07) is 14.6. The van der Waals surface area contributed by atoms with E-state index in [0.717, 1.165) is 11.1 Å². The van der Waals surface area contributed by atoms with Crippen LogP contribution in [0.5, 0.6) is 5.75 Å². The molecule has 0 fully saturated rings. The summed E-state index contributed by atoms with van der Waals surface area (Å²) in [6.07, 6.45) is 0. The normalized spacial score (nSPS) is 11.0. The molecule has 2 aromatic carbocycles. The lowest BCUT2D eigenvalue weighted by Crippen LogP contribution is -2.03. The number of hydrogen-bond donors (Lipinski definition) is 0. The molecule has 6 nitrogen and oxygen atoms in total. The van der Waals surface area contributed by atoms with Gasteiger partial charge >= 0.3 is 5.63 Å². The number of aryl methyl sites for hydroxylation is 1. The summed E-state index contributed by atoms with van der Waals surface area (Å²) < 4.78 is 15.8. The highest BCUT2D eigenvalue weighted by Crippen LogP contribution is 2.25. The van der Waals surface area contributed by atoms with Gasteiger partial charge in [-0.1, -0.05) is 35.0 Å². The van der Waals surface area contributed by atoms with Crippen molar-refractivity contribution >= 4 is 11.0 Å². The van der Waals surface area contributed by atoms with E-state index in [2.05, 4.69) is 10.1 Å². The van der Waals surface area contributed by atoms with Gasteiger partial charge in [-0.05, 0) is 31.2 Å². The molecule has 0 aliphatic carbocycles. The van der Waals surface area contributed by atoms with Gasteiger partial charge in [-0.25, -0.2) is 4.79 Å². The van der Waals surface area contributed by atoms with Crippen molar-refractivity contribution in [2.75, 3.05) is 7.11 Å². The van der Waals surface area contributed by atoms with Crippen molar-refractivity contribution in [2.24, 2.45) is 0 Å². The van der Waals surface area contributed by atoms with Gasteiger partial charge in [0.25, 0.3) is 5.89 Å². The molecule has 0 bridgehead atoms. The fourth-order valence-corrected chi connectivity index (χ4v) is 2.53. The quantitative estimate of drug-likeness (QED) is 0.530. The molecule has 0 aliphatic heterocycles. The molecule has 0 spiro atoms. The van der Waals surface area contributed by atoms with Crippen LogP contribution in [-0.2, 0) is 0 Å².